The lowest BCUT2D eigenvalue weighted by Gasteiger charge is -2.12. The summed E-state index contributed by atoms with van der Waals surface area (Å²) in [5.41, 5.74) is 6.15. The lowest BCUT2D eigenvalue weighted by molar-refractivity contribution is -0.0505. The number of para-hydroxylation sites is 1. The maximum Gasteiger partial charge on any atom is 0.387 e. The maximum absolute atomic E-state index is 11.9. The van der Waals surface area contributed by atoms with Gasteiger partial charge in [-0.15, -0.1) is 0 Å². The molecule has 0 bridgehead atoms. The summed E-state index contributed by atoms with van der Waals surface area (Å²) in [5, 5.41) is 0. The number of benzene rings is 1. The van der Waals surface area contributed by atoms with Gasteiger partial charge in [-0.2, -0.15) is 8.78 Å². The van der Waals surface area contributed by atoms with Gasteiger partial charge >= 0.3 is 6.61 Å². The van der Waals surface area contributed by atoms with Crippen molar-refractivity contribution >= 4 is 0 Å². The van der Waals surface area contributed by atoms with E-state index in [0.29, 0.717) is 5.56 Å². The Hall–Kier alpha value is -1.16. The second-order valence-electron chi connectivity index (χ2n) is 2.71. The van der Waals surface area contributed by atoms with Crippen molar-refractivity contribution in [2.75, 3.05) is 0 Å². The second kappa shape index (κ2) is 4.18. The van der Waals surface area contributed by atoms with Crippen LogP contribution in [-0.4, -0.2) is 6.61 Å². The average Bonchev–Trinajstić information content (AvgIpc) is 2.03. The Morgan fingerprint density at radius 3 is 2.46 bits per heavy atom. The average molecular weight is 187 g/mol. The molecular weight excluding hydrogens is 176 g/mol. The van der Waals surface area contributed by atoms with Gasteiger partial charge in [0.2, 0.25) is 0 Å². The summed E-state index contributed by atoms with van der Waals surface area (Å²) in [7, 11) is 0. The molecule has 1 atom stereocenters. The van der Waals surface area contributed by atoms with E-state index in [4.69, 9.17) is 5.73 Å². The van der Waals surface area contributed by atoms with E-state index in [2.05, 4.69) is 4.74 Å². The summed E-state index contributed by atoms with van der Waals surface area (Å²) in [6.45, 7) is -1.09. The molecule has 0 amide bonds. The molecule has 0 aromatic heterocycles. The molecule has 4 heteroatoms. The van der Waals surface area contributed by atoms with Crippen LogP contribution < -0.4 is 10.5 Å². The van der Waals surface area contributed by atoms with Crippen LogP contribution in [0.25, 0.3) is 0 Å². The van der Waals surface area contributed by atoms with Crippen molar-refractivity contribution in [3.63, 3.8) is 0 Å². The Labute approximate surface area is 75.3 Å². The van der Waals surface area contributed by atoms with Crippen LogP contribution in [0, 0.1) is 0 Å². The highest BCUT2D eigenvalue weighted by Crippen LogP contribution is 2.24. The zero-order valence-corrected chi connectivity index (χ0v) is 7.21. The quantitative estimate of drug-likeness (QED) is 0.788. The summed E-state index contributed by atoms with van der Waals surface area (Å²) in [6.07, 6.45) is 0. The molecule has 0 aliphatic heterocycles. The molecule has 72 valence electrons. The van der Waals surface area contributed by atoms with Crippen molar-refractivity contribution in [3.8, 4) is 5.75 Å². The van der Waals surface area contributed by atoms with E-state index in [1.807, 2.05) is 0 Å². The molecule has 1 aromatic carbocycles. The van der Waals surface area contributed by atoms with E-state index in [0.717, 1.165) is 0 Å². The van der Waals surface area contributed by atoms with Crippen molar-refractivity contribution in [1.82, 2.24) is 0 Å². The molecule has 0 unspecified atom stereocenters. The standard InChI is InChI=1S/C9H11F2NO/c1-6(12)7-4-2-3-5-8(7)13-9(10)11/h2-6,9H,12H2,1H3/t6-/m0/s1. The lowest BCUT2D eigenvalue weighted by Crippen LogP contribution is -2.10. The summed E-state index contributed by atoms with van der Waals surface area (Å²) < 4.78 is 28.1. The topological polar surface area (TPSA) is 35.2 Å². The van der Waals surface area contributed by atoms with Crippen LogP contribution in [0.15, 0.2) is 24.3 Å². The van der Waals surface area contributed by atoms with Gasteiger partial charge in [-0.05, 0) is 13.0 Å². The van der Waals surface area contributed by atoms with Gasteiger partial charge in [0.05, 0.1) is 0 Å². The normalized spacial score (nSPS) is 13.0. The first kappa shape index (κ1) is 9.92. The predicted octanol–water partition coefficient (Wildman–Crippen LogP) is 2.31. The van der Waals surface area contributed by atoms with Crippen LogP contribution in [0.5, 0.6) is 5.75 Å². The summed E-state index contributed by atoms with van der Waals surface area (Å²) in [5.74, 6) is 0.146. The van der Waals surface area contributed by atoms with Gasteiger partial charge in [0.25, 0.3) is 0 Å². The molecular formula is C9H11F2NO. The summed E-state index contributed by atoms with van der Waals surface area (Å²) in [4.78, 5) is 0. The number of rotatable bonds is 3. The van der Waals surface area contributed by atoms with Gasteiger partial charge in [-0.1, -0.05) is 18.2 Å². The van der Waals surface area contributed by atoms with Crippen LogP contribution in [0.2, 0.25) is 0 Å². The highest BCUT2D eigenvalue weighted by atomic mass is 19.3. The van der Waals surface area contributed by atoms with E-state index in [1.165, 1.54) is 6.07 Å². The first-order valence-corrected chi connectivity index (χ1v) is 3.90. The molecule has 2 N–H and O–H groups in total. The molecule has 13 heavy (non-hydrogen) atoms. The smallest absolute Gasteiger partial charge is 0.387 e. The number of ether oxygens (including phenoxy) is 1. The molecule has 2 nitrogen and oxygen atoms in total. The van der Waals surface area contributed by atoms with E-state index < -0.39 is 6.61 Å². The van der Waals surface area contributed by atoms with E-state index >= 15 is 0 Å². The van der Waals surface area contributed by atoms with Crippen molar-refractivity contribution < 1.29 is 13.5 Å². The van der Waals surface area contributed by atoms with E-state index in [9.17, 15) is 8.78 Å². The predicted molar refractivity (Wildman–Crippen MR) is 45.7 cm³/mol. The Bertz CT molecular complexity index is 276. The Morgan fingerprint density at radius 1 is 1.31 bits per heavy atom. The molecule has 0 heterocycles. The molecule has 0 aliphatic rings. The summed E-state index contributed by atoms with van der Waals surface area (Å²) >= 11 is 0. The summed E-state index contributed by atoms with van der Waals surface area (Å²) in [6, 6.07) is 6.20. The number of hydrogen-bond donors (Lipinski definition) is 1. The third-order valence-corrected chi connectivity index (χ3v) is 1.63. The Kier molecular flexibility index (Phi) is 3.19. The van der Waals surface area contributed by atoms with Gasteiger partial charge in [-0.25, -0.2) is 0 Å². The first-order chi connectivity index (χ1) is 6.11. The van der Waals surface area contributed by atoms with Crippen molar-refractivity contribution in [3.05, 3.63) is 29.8 Å². The van der Waals surface area contributed by atoms with Gasteiger partial charge in [0.15, 0.2) is 0 Å². The third-order valence-electron chi connectivity index (χ3n) is 1.63. The van der Waals surface area contributed by atoms with Crippen LogP contribution in [0.1, 0.15) is 18.5 Å². The number of hydrogen-bond acceptors (Lipinski definition) is 2. The van der Waals surface area contributed by atoms with Crippen LogP contribution in [0.3, 0.4) is 0 Å². The van der Waals surface area contributed by atoms with E-state index in [1.54, 1.807) is 25.1 Å². The van der Waals surface area contributed by atoms with Gasteiger partial charge in [0, 0.05) is 11.6 Å². The molecule has 0 spiro atoms. The third kappa shape index (κ3) is 2.66. The molecule has 0 saturated heterocycles. The van der Waals surface area contributed by atoms with Gasteiger partial charge in [-0.3, -0.25) is 0 Å². The van der Waals surface area contributed by atoms with Crippen molar-refractivity contribution in [2.45, 2.75) is 19.6 Å². The molecule has 1 aromatic rings. The highest BCUT2D eigenvalue weighted by Gasteiger charge is 2.10. The minimum atomic E-state index is -2.81. The number of halogens is 2. The number of alkyl halides is 2. The van der Waals surface area contributed by atoms with Crippen LogP contribution >= 0.6 is 0 Å². The fourth-order valence-corrected chi connectivity index (χ4v) is 1.06. The van der Waals surface area contributed by atoms with Gasteiger partial charge < -0.3 is 10.5 Å². The second-order valence-corrected chi connectivity index (χ2v) is 2.71. The molecule has 0 aliphatic carbocycles. The lowest BCUT2D eigenvalue weighted by atomic mass is 10.1. The minimum absolute atomic E-state index is 0.146. The van der Waals surface area contributed by atoms with Crippen molar-refractivity contribution in [1.29, 1.82) is 0 Å². The zero-order valence-electron chi connectivity index (χ0n) is 7.21. The molecule has 1 rings (SSSR count). The van der Waals surface area contributed by atoms with Crippen LogP contribution in [-0.2, 0) is 0 Å². The Balaban J connectivity index is 2.91. The van der Waals surface area contributed by atoms with Gasteiger partial charge in [0.1, 0.15) is 5.75 Å². The Morgan fingerprint density at radius 2 is 1.92 bits per heavy atom. The minimum Gasteiger partial charge on any atom is -0.434 e. The zero-order chi connectivity index (χ0) is 9.84. The highest BCUT2D eigenvalue weighted by molar-refractivity contribution is 5.35. The fraction of sp³-hybridized carbons (Fsp3) is 0.333. The molecule has 0 radical (unpaired) electrons. The van der Waals surface area contributed by atoms with Crippen molar-refractivity contribution in [2.24, 2.45) is 5.73 Å². The molecule has 0 fully saturated rings. The monoisotopic (exact) mass is 187 g/mol. The molecule has 0 saturated carbocycles. The fourth-order valence-electron chi connectivity index (χ4n) is 1.06. The largest absolute Gasteiger partial charge is 0.434 e. The van der Waals surface area contributed by atoms with E-state index in [-0.39, 0.29) is 11.8 Å². The number of nitrogens with two attached hydrogens (primary N) is 1. The first-order valence-electron chi connectivity index (χ1n) is 3.90. The SMILES string of the molecule is C[C@H](N)c1ccccc1OC(F)F. The maximum atomic E-state index is 11.9. The van der Waals surface area contributed by atoms with Crippen LogP contribution in [0.4, 0.5) is 8.78 Å².